The molecule has 2 aromatic rings. The highest BCUT2D eigenvalue weighted by atomic mass is 35.5. The standard InChI is InChI=1S/C22H18ClNO4/c23-17-4-2-1-3-16(17)22(27)28-15-9-7-14(8-10-15)24-20(25)18-12-5-6-13(11-12)19(18)21(24)26/h1-4,7-10,12-13,18-19H,5-6,11H2. The Balaban J connectivity index is 1.35. The summed E-state index contributed by atoms with van der Waals surface area (Å²) < 4.78 is 5.36. The Morgan fingerprint density at radius 2 is 1.54 bits per heavy atom. The zero-order valence-corrected chi connectivity index (χ0v) is 15.8. The van der Waals surface area contributed by atoms with Gasteiger partial charge in [0.2, 0.25) is 11.8 Å². The van der Waals surface area contributed by atoms with Crippen molar-refractivity contribution in [2.45, 2.75) is 19.3 Å². The number of hydrogen-bond donors (Lipinski definition) is 0. The van der Waals surface area contributed by atoms with Crippen molar-refractivity contribution in [2.75, 3.05) is 4.90 Å². The molecule has 5 nitrogen and oxygen atoms in total. The zero-order chi connectivity index (χ0) is 19.4. The molecule has 0 radical (unpaired) electrons. The van der Waals surface area contributed by atoms with Gasteiger partial charge in [0.1, 0.15) is 5.75 Å². The van der Waals surface area contributed by atoms with E-state index in [1.54, 1.807) is 48.5 Å². The molecule has 28 heavy (non-hydrogen) atoms. The third kappa shape index (κ3) is 2.57. The van der Waals surface area contributed by atoms with E-state index in [1.807, 2.05) is 0 Å². The Hall–Kier alpha value is -2.66. The summed E-state index contributed by atoms with van der Waals surface area (Å²) in [4.78, 5) is 39.3. The van der Waals surface area contributed by atoms with Crippen molar-refractivity contribution in [3.05, 3.63) is 59.1 Å². The molecule has 1 saturated heterocycles. The molecule has 2 bridgehead atoms. The van der Waals surface area contributed by atoms with Crippen LogP contribution in [0, 0.1) is 23.7 Å². The Labute approximate surface area is 167 Å². The van der Waals surface area contributed by atoms with E-state index >= 15 is 0 Å². The lowest BCUT2D eigenvalue weighted by molar-refractivity contribution is -0.123. The van der Waals surface area contributed by atoms with Gasteiger partial charge in [0, 0.05) is 0 Å². The van der Waals surface area contributed by atoms with Crippen LogP contribution in [0.1, 0.15) is 29.6 Å². The van der Waals surface area contributed by atoms with E-state index in [-0.39, 0.29) is 29.2 Å². The number of carbonyl (C=O) groups excluding carboxylic acids is 3. The molecule has 4 atom stereocenters. The fourth-order valence-electron chi connectivity index (χ4n) is 5.12. The van der Waals surface area contributed by atoms with Gasteiger partial charge in [0.15, 0.2) is 0 Å². The van der Waals surface area contributed by atoms with Gasteiger partial charge >= 0.3 is 5.97 Å². The van der Waals surface area contributed by atoms with E-state index in [0.717, 1.165) is 19.3 Å². The van der Waals surface area contributed by atoms with E-state index in [1.165, 1.54) is 4.90 Å². The normalized spacial score (nSPS) is 28.0. The van der Waals surface area contributed by atoms with Gasteiger partial charge in [-0.2, -0.15) is 0 Å². The van der Waals surface area contributed by atoms with Gasteiger partial charge in [0.25, 0.3) is 0 Å². The number of esters is 1. The van der Waals surface area contributed by atoms with Crippen LogP contribution in [0.25, 0.3) is 0 Å². The number of benzene rings is 2. The molecular formula is C22H18ClNO4. The number of hydrogen-bond acceptors (Lipinski definition) is 4. The fraction of sp³-hybridized carbons (Fsp3) is 0.318. The highest BCUT2D eigenvalue weighted by Gasteiger charge is 2.61. The zero-order valence-electron chi connectivity index (χ0n) is 15.0. The highest BCUT2D eigenvalue weighted by Crippen LogP contribution is 2.56. The topological polar surface area (TPSA) is 63.7 Å². The highest BCUT2D eigenvalue weighted by molar-refractivity contribution is 6.33. The van der Waals surface area contributed by atoms with Crippen LogP contribution in [-0.2, 0) is 9.59 Å². The van der Waals surface area contributed by atoms with Gasteiger partial charge in [-0.1, -0.05) is 23.7 Å². The van der Waals surface area contributed by atoms with Crippen molar-refractivity contribution >= 4 is 35.1 Å². The second-order valence-electron chi connectivity index (χ2n) is 7.76. The molecule has 4 unspecified atom stereocenters. The quantitative estimate of drug-likeness (QED) is 0.446. The summed E-state index contributed by atoms with van der Waals surface area (Å²) in [5, 5.41) is 0.318. The van der Waals surface area contributed by atoms with Crippen LogP contribution in [0.5, 0.6) is 5.75 Å². The summed E-state index contributed by atoms with van der Waals surface area (Å²) >= 11 is 6.02. The van der Waals surface area contributed by atoms with Gasteiger partial charge in [-0.25, -0.2) is 4.79 Å². The van der Waals surface area contributed by atoms with Crippen molar-refractivity contribution in [3.63, 3.8) is 0 Å². The largest absolute Gasteiger partial charge is 0.423 e. The first-order valence-electron chi connectivity index (χ1n) is 9.49. The maximum absolute atomic E-state index is 12.9. The molecule has 2 saturated carbocycles. The summed E-state index contributed by atoms with van der Waals surface area (Å²) in [6, 6.07) is 13.1. The third-order valence-corrected chi connectivity index (χ3v) is 6.66. The number of anilines is 1. The molecule has 6 heteroatoms. The predicted octanol–water partition coefficient (Wildman–Crippen LogP) is 4.09. The van der Waals surface area contributed by atoms with Crippen molar-refractivity contribution < 1.29 is 19.1 Å². The number of halogens is 1. The van der Waals surface area contributed by atoms with Gasteiger partial charge in [-0.3, -0.25) is 14.5 Å². The number of nitrogens with zero attached hydrogens (tertiary/aromatic N) is 1. The molecule has 5 rings (SSSR count). The number of amides is 2. The lowest BCUT2D eigenvalue weighted by Gasteiger charge is -2.19. The lowest BCUT2D eigenvalue weighted by atomic mass is 9.81. The van der Waals surface area contributed by atoms with Crippen molar-refractivity contribution in [1.29, 1.82) is 0 Å². The first kappa shape index (κ1) is 17.4. The molecule has 3 fully saturated rings. The van der Waals surface area contributed by atoms with E-state index in [2.05, 4.69) is 0 Å². The van der Waals surface area contributed by atoms with Gasteiger partial charge < -0.3 is 4.74 Å². The van der Waals surface area contributed by atoms with E-state index in [4.69, 9.17) is 16.3 Å². The number of imide groups is 1. The van der Waals surface area contributed by atoms with Gasteiger partial charge in [-0.15, -0.1) is 0 Å². The van der Waals surface area contributed by atoms with Crippen LogP contribution in [0.2, 0.25) is 5.02 Å². The smallest absolute Gasteiger partial charge is 0.345 e. The predicted molar refractivity (Wildman–Crippen MR) is 103 cm³/mol. The molecule has 0 spiro atoms. The van der Waals surface area contributed by atoms with Crippen molar-refractivity contribution in [3.8, 4) is 5.75 Å². The van der Waals surface area contributed by atoms with E-state index in [9.17, 15) is 14.4 Å². The minimum atomic E-state index is -0.558. The van der Waals surface area contributed by atoms with E-state index < -0.39 is 5.97 Å². The number of rotatable bonds is 3. The van der Waals surface area contributed by atoms with Crippen molar-refractivity contribution in [2.24, 2.45) is 23.7 Å². The maximum Gasteiger partial charge on any atom is 0.345 e. The molecule has 1 heterocycles. The lowest BCUT2D eigenvalue weighted by Crippen LogP contribution is -2.32. The molecule has 0 aromatic heterocycles. The van der Waals surface area contributed by atoms with Gasteiger partial charge in [0.05, 0.1) is 28.1 Å². The first-order valence-corrected chi connectivity index (χ1v) is 9.87. The Morgan fingerprint density at radius 3 is 2.14 bits per heavy atom. The van der Waals surface area contributed by atoms with Crippen LogP contribution in [0.15, 0.2) is 48.5 Å². The van der Waals surface area contributed by atoms with Crippen LogP contribution < -0.4 is 9.64 Å². The Bertz CT molecular complexity index is 958. The number of ether oxygens (including phenoxy) is 1. The Morgan fingerprint density at radius 1 is 0.929 bits per heavy atom. The fourth-order valence-corrected chi connectivity index (χ4v) is 5.33. The summed E-state index contributed by atoms with van der Waals surface area (Å²) in [5.74, 6) is 0.0180. The molecule has 2 amide bonds. The number of fused-ring (bicyclic) bond motifs is 5. The summed E-state index contributed by atoms with van der Waals surface area (Å²) in [6.45, 7) is 0. The summed E-state index contributed by atoms with van der Waals surface area (Å²) in [5.41, 5.74) is 0.808. The second-order valence-corrected chi connectivity index (χ2v) is 8.17. The SMILES string of the molecule is O=C(Oc1ccc(N2C(=O)C3C4CCC(C4)C3C2=O)cc1)c1ccccc1Cl. The van der Waals surface area contributed by atoms with Crippen molar-refractivity contribution in [1.82, 2.24) is 0 Å². The third-order valence-electron chi connectivity index (χ3n) is 6.33. The average molecular weight is 396 g/mol. The summed E-state index contributed by atoms with van der Waals surface area (Å²) in [7, 11) is 0. The molecule has 2 aliphatic carbocycles. The summed E-state index contributed by atoms with van der Waals surface area (Å²) in [6.07, 6.45) is 3.11. The van der Waals surface area contributed by atoms with E-state index in [0.29, 0.717) is 28.3 Å². The average Bonchev–Trinajstić information content (AvgIpc) is 3.37. The molecule has 142 valence electrons. The molecule has 0 N–H and O–H groups in total. The Kier molecular flexibility index (Phi) is 4.02. The second kappa shape index (κ2) is 6.45. The van der Waals surface area contributed by atoms with Crippen LogP contribution in [-0.4, -0.2) is 17.8 Å². The molecular weight excluding hydrogens is 378 g/mol. The number of carbonyl (C=O) groups is 3. The molecule has 3 aliphatic rings. The minimum Gasteiger partial charge on any atom is -0.423 e. The maximum atomic E-state index is 12.9. The minimum absolute atomic E-state index is 0.0805. The molecule has 2 aromatic carbocycles. The first-order chi connectivity index (χ1) is 13.5. The monoisotopic (exact) mass is 395 g/mol. The molecule has 1 aliphatic heterocycles. The van der Waals surface area contributed by atoms with Crippen LogP contribution >= 0.6 is 11.6 Å². The van der Waals surface area contributed by atoms with Crippen LogP contribution in [0.3, 0.4) is 0 Å². The van der Waals surface area contributed by atoms with Gasteiger partial charge in [-0.05, 0) is 67.5 Å². The van der Waals surface area contributed by atoms with Crippen LogP contribution in [0.4, 0.5) is 5.69 Å².